The summed E-state index contributed by atoms with van der Waals surface area (Å²) in [7, 11) is 1.61. The Hall–Kier alpha value is -2.08. The Morgan fingerprint density at radius 3 is 2.43 bits per heavy atom. The van der Waals surface area contributed by atoms with Crippen LogP contribution in [0.15, 0.2) is 24.3 Å². The molecule has 23 heavy (non-hydrogen) atoms. The molecule has 1 N–H and O–H groups in total. The third-order valence-corrected chi connectivity index (χ3v) is 3.80. The Labute approximate surface area is 136 Å². The summed E-state index contributed by atoms with van der Waals surface area (Å²) in [5.74, 6) is -0.902. The van der Waals surface area contributed by atoms with Crippen LogP contribution in [0.3, 0.4) is 0 Å². The first-order chi connectivity index (χ1) is 11.0. The maximum Gasteiger partial charge on any atom is 0.308 e. The first-order valence-corrected chi connectivity index (χ1v) is 7.78. The number of methoxy groups -OCH3 is 1. The van der Waals surface area contributed by atoms with Crippen LogP contribution in [0.1, 0.15) is 30.1 Å². The highest BCUT2D eigenvalue weighted by atomic mass is 16.5. The van der Waals surface area contributed by atoms with Crippen LogP contribution in [0.25, 0.3) is 0 Å². The number of hydrogen-bond donors (Lipinski definition) is 1. The minimum atomic E-state index is -0.884. The fourth-order valence-electron chi connectivity index (χ4n) is 2.26. The van der Waals surface area contributed by atoms with Crippen molar-refractivity contribution >= 4 is 11.9 Å². The Kier molecular flexibility index (Phi) is 5.98. The standard InChI is InChI=1S/C17H23NO5/c1-12(17(20)21)11-18(14-5-6-14)16(19)13-3-7-15(8-4-13)23-10-9-22-2/h3-4,7-8,12,14H,5-6,9-11H2,1-2H3,(H,20,21). The van der Waals surface area contributed by atoms with Crippen molar-refractivity contribution in [3.63, 3.8) is 0 Å². The molecule has 1 fully saturated rings. The van der Waals surface area contributed by atoms with Gasteiger partial charge in [-0.2, -0.15) is 0 Å². The average molecular weight is 321 g/mol. The molecule has 1 aromatic rings. The average Bonchev–Trinajstić information content (AvgIpc) is 3.37. The van der Waals surface area contributed by atoms with E-state index in [4.69, 9.17) is 14.6 Å². The molecule has 1 unspecified atom stereocenters. The molecule has 1 aliphatic carbocycles. The van der Waals surface area contributed by atoms with E-state index in [9.17, 15) is 9.59 Å². The van der Waals surface area contributed by atoms with Gasteiger partial charge in [0.05, 0.1) is 12.5 Å². The van der Waals surface area contributed by atoms with Gasteiger partial charge in [-0.3, -0.25) is 9.59 Å². The van der Waals surface area contributed by atoms with E-state index < -0.39 is 11.9 Å². The highest BCUT2D eigenvalue weighted by molar-refractivity contribution is 5.95. The Morgan fingerprint density at radius 1 is 1.26 bits per heavy atom. The third-order valence-electron chi connectivity index (χ3n) is 3.80. The number of carboxylic acid groups (broad SMARTS) is 1. The summed E-state index contributed by atoms with van der Waals surface area (Å²) in [6.45, 7) is 2.82. The minimum Gasteiger partial charge on any atom is -0.491 e. The van der Waals surface area contributed by atoms with Gasteiger partial charge in [-0.15, -0.1) is 0 Å². The van der Waals surface area contributed by atoms with Crippen LogP contribution in [0.4, 0.5) is 0 Å². The fraction of sp³-hybridized carbons (Fsp3) is 0.529. The SMILES string of the molecule is COCCOc1ccc(C(=O)N(CC(C)C(=O)O)C2CC2)cc1. The molecular formula is C17H23NO5. The van der Waals surface area contributed by atoms with Crippen molar-refractivity contribution in [2.24, 2.45) is 5.92 Å². The molecule has 1 saturated carbocycles. The molecule has 1 aromatic carbocycles. The number of nitrogens with zero attached hydrogens (tertiary/aromatic N) is 1. The molecule has 0 heterocycles. The summed E-state index contributed by atoms with van der Waals surface area (Å²) in [5.41, 5.74) is 0.550. The van der Waals surface area contributed by atoms with Gasteiger partial charge in [0.1, 0.15) is 12.4 Å². The smallest absolute Gasteiger partial charge is 0.308 e. The summed E-state index contributed by atoms with van der Waals surface area (Å²) < 4.78 is 10.4. The van der Waals surface area contributed by atoms with E-state index in [1.54, 1.807) is 43.2 Å². The predicted octanol–water partition coefficient (Wildman–Crippen LogP) is 2.04. The van der Waals surface area contributed by atoms with Crippen molar-refractivity contribution in [3.8, 4) is 5.75 Å². The Morgan fingerprint density at radius 2 is 1.91 bits per heavy atom. The molecule has 6 nitrogen and oxygen atoms in total. The number of benzene rings is 1. The van der Waals surface area contributed by atoms with E-state index in [1.807, 2.05) is 0 Å². The lowest BCUT2D eigenvalue weighted by atomic mass is 10.1. The predicted molar refractivity (Wildman–Crippen MR) is 84.7 cm³/mol. The van der Waals surface area contributed by atoms with E-state index >= 15 is 0 Å². The van der Waals surface area contributed by atoms with Crippen molar-refractivity contribution in [2.75, 3.05) is 26.9 Å². The van der Waals surface area contributed by atoms with Crippen LogP contribution in [-0.4, -0.2) is 54.8 Å². The molecule has 6 heteroatoms. The number of rotatable bonds is 9. The molecule has 1 aliphatic rings. The second kappa shape index (κ2) is 7.97. The number of hydrogen-bond acceptors (Lipinski definition) is 4. The second-order valence-corrected chi connectivity index (χ2v) is 5.79. The quantitative estimate of drug-likeness (QED) is 0.704. The van der Waals surface area contributed by atoms with Crippen molar-refractivity contribution in [3.05, 3.63) is 29.8 Å². The molecule has 126 valence electrons. The van der Waals surface area contributed by atoms with Crippen LogP contribution < -0.4 is 4.74 Å². The fourth-order valence-corrected chi connectivity index (χ4v) is 2.26. The maximum atomic E-state index is 12.6. The zero-order valence-electron chi connectivity index (χ0n) is 13.5. The number of carbonyl (C=O) groups is 2. The van der Waals surface area contributed by atoms with Crippen LogP contribution in [0.5, 0.6) is 5.75 Å². The van der Waals surface area contributed by atoms with Gasteiger partial charge < -0.3 is 19.5 Å². The van der Waals surface area contributed by atoms with Crippen molar-refractivity contribution in [2.45, 2.75) is 25.8 Å². The molecular weight excluding hydrogens is 298 g/mol. The molecule has 0 radical (unpaired) electrons. The largest absolute Gasteiger partial charge is 0.491 e. The lowest BCUT2D eigenvalue weighted by Crippen LogP contribution is -2.38. The van der Waals surface area contributed by atoms with Crippen LogP contribution >= 0.6 is 0 Å². The summed E-state index contributed by atoms with van der Waals surface area (Å²) in [6.07, 6.45) is 1.88. The lowest BCUT2D eigenvalue weighted by molar-refractivity contribution is -0.141. The number of amides is 1. The number of ether oxygens (including phenoxy) is 2. The summed E-state index contributed by atoms with van der Waals surface area (Å²) >= 11 is 0. The summed E-state index contributed by atoms with van der Waals surface area (Å²) in [6, 6.07) is 7.08. The van der Waals surface area contributed by atoms with E-state index in [1.165, 1.54) is 0 Å². The van der Waals surface area contributed by atoms with Crippen molar-refractivity contribution in [1.82, 2.24) is 4.90 Å². The van der Waals surface area contributed by atoms with Gasteiger partial charge in [0.15, 0.2) is 0 Å². The highest BCUT2D eigenvalue weighted by Crippen LogP contribution is 2.29. The minimum absolute atomic E-state index is 0.121. The molecule has 1 amide bonds. The lowest BCUT2D eigenvalue weighted by Gasteiger charge is -2.24. The van der Waals surface area contributed by atoms with Gasteiger partial charge in [-0.05, 0) is 37.1 Å². The Balaban J connectivity index is 2.00. The molecule has 2 rings (SSSR count). The Bertz CT molecular complexity index is 538. The monoisotopic (exact) mass is 321 g/mol. The third kappa shape index (κ3) is 4.96. The van der Waals surface area contributed by atoms with Gasteiger partial charge in [-0.1, -0.05) is 6.92 Å². The zero-order chi connectivity index (χ0) is 16.8. The van der Waals surface area contributed by atoms with Crippen LogP contribution in [0, 0.1) is 5.92 Å². The van der Waals surface area contributed by atoms with Gasteiger partial charge in [0, 0.05) is 25.3 Å². The topological polar surface area (TPSA) is 76.1 Å². The van der Waals surface area contributed by atoms with Gasteiger partial charge >= 0.3 is 5.97 Å². The summed E-state index contributed by atoms with van der Waals surface area (Å²) in [4.78, 5) is 25.4. The zero-order valence-corrected chi connectivity index (χ0v) is 13.5. The van der Waals surface area contributed by atoms with Crippen LogP contribution in [-0.2, 0) is 9.53 Å². The maximum absolute atomic E-state index is 12.6. The van der Waals surface area contributed by atoms with Gasteiger partial charge in [0.25, 0.3) is 5.91 Å². The highest BCUT2D eigenvalue weighted by Gasteiger charge is 2.34. The molecule has 0 bridgehead atoms. The van der Waals surface area contributed by atoms with E-state index in [2.05, 4.69) is 0 Å². The second-order valence-electron chi connectivity index (χ2n) is 5.79. The van der Waals surface area contributed by atoms with Gasteiger partial charge in [0.2, 0.25) is 0 Å². The van der Waals surface area contributed by atoms with E-state index in [0.717, 1.165) is 12.8 Å². The molecule has 0 saturated heterocycles. The normalized spacial score (nSPS) is 15.0. The van der Waals surface area contributed by atoms with Crippen LogP contribution in [0.2, 0.25) is 0 Å². The van der Waals surface area contributed by atoms with E-state index in [-0.39, 0.29) is 18.5 Å². The van der Waals surface area contributed by atoms with Gasteiger partial charge in [-0.25, -0.2) is 0 Å². The summed E-state index contributed by atoms with van der Waals surface area (Å²) in [5, 5.41) is 9.06. The van der Waals surface area contributed by atoms with E-state index in [0.29, 0.717) is 24.5 Å². The molecule has 0 aliphatic heterocycles. The van der Waals surface area contributed by atoms with Crippen molar-refractivity contribution < 1.29 is 24.2 Å². The van der Waals surface area contributed by atoms with Crippen molar-refractivity contribution in [1.29, 1.82) is 0 Å². The molecule has 0 spiro atoms. The molecule has 0 aromatic heterocycles. The number of carboxylic acids is 1. The first-order valence-electron chi connectivity index (χ1n) is 7.78. The molecule has 1 atom stereocenters. The first kappa shape index (κ1) is 17.3. The number of aliphatic carboxylic acids is 1. The number of carbonyl (C=O) groups excluding carboxylic acids is 1.